The predicted octanol–water partition coefficient (Wildman–Crippen LogP) is 6.95. The fourth-order valence-electron chi connectivity index (χ4n) is 4.99. The van der Waals surface area contributed by atoms with Gasteiger partial charge in [-0.3, -0.25) is 0 Å². The molecule has 204 valence electrons. The molecule has 1 atom stereocenters. The van der Waals surface area contributed by atoms with Gasteiger partial charge in [0.2, 0.25) is 0 Å². The van der Waals surface area contributed by atoms with E-state index in [0.29, 0.717) is 31.4 Å². The van der Waals surface area contributed by atoms with Crippen molar-refractivity contribution < 1.29 is 24.2 Å². The average Bonchev–Trinajstić information content (AvgIpc) is 2.91. The zero-order valence-corrected chi connectivity index (χ0v) is 22.9. The van der Waals surface area contributed by atoms with E-state index in [2.05, 4.69) is 29.6 Å². The number of nitrogens with one attached hydrogen (secondary N) is 1. The normalized spacial score (nSPS) is 15.8. The Hall–Kier alpha value is -4.06. The number of aliphatic hydroxyl groups is 1. The molecule has 0 spiro atoms. The maximum Gasteiger partial charge on any atom is 0.413 e. The van der Waals surface area contributed by atoms with Crippen LogP contribution in [0.4, 0.5) is 4.79 Å². The number of hydrogen-bond acceptors (Lipinski definition) is 5. The summed E-state index contributed by atoms with van der Waals surface area (Å²) >= 11 is 0. The summed E-state index contributed by atoms with van der Waals surface area (Å²) < 4.78 is 11.6. The summed E-state index contributed by atoms with van der Waals surface area (Å²) in [6.45, 7) is 5.67. The molecule has 1 unspecified atom stereocenters. The predicted molar refractivity (Wildman–Crippen MR) is 151 cm³/mol. The Kier molecular flexibility index (Phi) is 8.75. The molecule has 2 N–H and O–H groups in total. The number of aryl methyl sites for hydroxylation is 2. The first kappa shape index (κ1) is 28.0. The second-order valence-electron chi connectivity index (χ2n) is 11.2. The van der Waals surface area contributed by atoms with Crippen LogP contribution in [0.5, 0.6) is 5.75 Å². The number of carbonyl (C=O) groups excluding carboxylic acids is 2. The molecule has 39 heavy (non-hydrogen) atoms. The Balaban J connectivity index is 1.59. The van der Waals surface area contributed by atoms with E-state index in [0.717, 1.165) is 11.1 Å². The average molecular weight is 528 g/mol. The summed E-state index contributed by atoms with van der Waals surface area (Å²) in [6, 6.07) is 28.0. The summed E-state index contributed by atoms with van der Waals surface area (Å²) in [5, 5.41) is 14.2. The molecular formula is C33H37NO5. The van der Waals surface area contributed by atoms with Gasteiger partial charge >= 0.3 is 12.1 Å². The number of esters is 1. The highest BCUT2D eigenvalue weighted by atomic mass is 16.6. The van der Waals surface area contributed by atoms with Crippen LogP contribution >= 0.6 is 0 Å². The number of benzene rings is 3. The van der Waals surface area contributed by atoms with Gasteiger partial charge in [0.15, 0.2) is 0 Å². The maximum absolute atomic E-state index is 13.6. The van der Waals surface area contributed by atoms with Gasteiger partial charge in [0.1, 0.15) is 17.1 Å². The van der Waals surface area contributed by atoms with Crippen molar-refractivity contribution in [1.29, 1.82) is 0 Å². The Bertz CT molecular complexity index is 1240. The van der Waals surface area contributed by atoms with E-state index in [1.807, 2.05) is 63.2 Å². The molecule has 1 aliphatic rings. The summed E-state index contributed by atoms with van der Waals surface area (Å²) in [7, 11) is 0. The maximum atomic E-state index is 13.6. The van der Waals surface area contributed by atoms with Crippen LogP contribution in [-0.2, 0) is 22.4 Å². The molecule has 6 nitrogen and oxygen atoms in total. The highest BCUT2D eigenvalue weighted by Gasteiger charge is 2.46. The van der Waals surface area contributed by atoms with Gasteiger partial charge in [-0.15, -0.1) is 0 Å². The van der Waals surface area contributed by atoms with Crippen molar-refractivity contribution in [3.05, 3.63) is 113 Å². The Morgan fingerprint density at radius 3 is 1.85 bits per heavy atom. The minimum atomic E-state index is -0.872. The smallest absolute Gasteiger partial charge is 0.413 e. The third-order valence-corrected chi connectivity index (χ3v) is 7.12. The molecule has 1 amide bonds. The number of hydrogen-bond donors (Lipinski definition) is 2. The lowest BCUT2D eigenvalue weighted by atomic mass is 9.77. The zero-order chi connectivity index (χ0) is 27.9. The van der Waals surface area contributed by atoms with Crippen LogP contribution in [0.25, 0.3) is 0 Å². The Labute approximate surface area is 230 Å². The first-order valence-corrected chi connectivity index (χ1v) is 13.4. The lowest BCUT2D eigenvalue weighted by Gasteiger charge is -2.41. The lowest BCUT2D eigenvalue weighted by Crippen LogP contribution is -2.52. The van der Waals surface area contributed by atoms with E-state index >= 15 is 0 Å². The molecule has 0 bridgehead atoms. The van der Waals surface area contributed by atoms with Gasteiger partial charge in [0.25, 0.3) is 0 Å². The van der Waals surface area contributed by atoms with Crippen LogP contribution in [0.3, 0.4) is 0 Å². The Morgan fingerprint density at radius 1 is 0.897 bits per heavy atom. The molecular weight excluding hydrogens is 490 g/mol. The summed E-state index contributed by atoms with van der Waals surface area (Å²) in [5.41, 5.74) is 0.872. The second-order valence-corrected chi connectivity index (χ2v) is 11.2. The molecule has 0 aliphatic carbocycles. The molecule has 0 radical (unpaired) electrons. The summed E-state index contributed by atoms with van der Waals surface area (Å²) in [4.78, 5) is 26.4. The molecule has 3 aromatic carbocycles. The van der Waals surface area contributed by atoms with Crippen molar-refractivity contribution in [1.82, 2.24) is 5.32 Å². The first-order valence-electron chi connectivity index (χ1n) is 13.4. The van der Waals surface area contributed by atoms with Crippen molar-refractivity contribution in [3.63, 3.8) is 0 Å². The minimum absolute atomic E-state index is 0.0488. The molecule has 4 rings (SSSR count). The number of carbonyl (C=O) groups is 2. The van der Waals surface area contributed by atoms with E-state index in [9.17, 15) is 14.7 Å². The monoisotopic (exact) mass is 527 g/mol. The van der Waals surface area contributed by atoms with Gasteiger partial charge < -0.3 is 19.9 Å². The molecule has 1 aliphatic heterocycles. The number of aliphatic hydroxyl groups excluding tert-OH is 1. The number of ether oxygens (including phenoxy) is 2. The minimum Gasteiger partial charge on any atom is -0.512 e. The van der Waals surface area contributed by atoms with Crippen molar-refractivity contribution >= 4 is 12.1 Å². The second kappa shape index (κ2) is 12.2. The fraction of sp³-hybridized carbons (Fsp3) is 0.333. The third kappa shape index (κ3) is 7.50. The summed E-state index contributed by atoms with van der Waals surface area (Å²) in [5.74, 6) is -0.278. The summed E-state index contributed by atoms with van der Waals surface area (Å²) in [6.07, 6.45) is 2.01. The first-order chi connectivity index (χ1) is 18.7. The van der Waals surface area contributed by atoms with Gasteiger partial charge in [0.05, 0.1) is 11.6 Å². The topological polar surface area (TPSA) is 84.9 Å². The van der Waals surface area contributed by atoms with Gasteiger partial charge in [-0.2, -0.15) is 0 Å². The number of rotatable bonds is 9. The molecule has 0 saturated heterocycles. The van der Waals surface area contributed by atoms with E-state index < -0.39 is 29.1 Å². The number of amides is 1. The van der Waals surface area contributed by atoms with E-state index in [1.165, 1.54) is 0 Å². The SMILES string of the molecule is CC(C)(C)C(NC(=O)Oc1ccccc1)C1=C(O)CC(CCc2ccccc2)(CCc2ccccc2)OC1=O. The van der Waals surface area contributed by atoms with Crippen LogP contribution in [0.15, 0.2) is 102 Å². The van der Waals surface area contributed by atoms with E-state index in [4.69, 9.17) is 9.47 Å². The van der Waals surface area contributed by atoms with Gasteiger partial charge in [-0.05, 0) is 54.4 Å². The molecule has 0 saturated carbocycles. The fourth-order valence-corrected chi connectivity index (χ4v) is 4.99. The number of cyclic esters (lactones) is 1. The molecule has 6 heteroatoms. The van der Waals surface area contributed by atoms with Crippen molar-refractivity contribution in [3.8, 4) is 5.75 Å². The molecule has 3 aromatic rings. The molecule has 0 aromatic heterocycles. The highest BCUT2D eigenvalue weighted by molar-refractivity contribution is 5.92. The van der Waals surface area contributed by atoms with Crippen molar-refractivity contribution in [2.24, 2.45) is 5.41 Å². The van der Waals surface area contributed by atoms with E-state index in [1.54, 1.807) is 24.3 Å². The van der Waals surface area contributed by atoms with Crippen LogP contribution in [0, 0.1) is 5.41 Å². The number of para-hydroxylation sites is 1. The largest absolute Gasteiger partial charge is 0.512 e. The van der Waals surface area contributed by atoms with Gasteiger partial charge in [0, 0.05) is 6.42 Å². The van der Waals surface area contributed by atoms with E-state index in [-0.39, 0.29) is 17.8 Å². The van der Waals surface area contributed by atoms with Gasteiger partial charge in [-0.25, -0.2) is 9.59 Å². The highest BCUT2D eigenvalue weighted by Crippen LogP contribution is 2.40. The van der Waals surface area contributed by atoms with Crippen molar-refractivity contribution in [2.75, 3.05) is 0 Å². The molecule has 0 fully saturated rings. The zero-order valence-electron chi connectivity index (χ0n) is 22.9. The van der Waals surface area contributed by atoms with Crippen LogP contribution in [0.1, 0.15) is 51.2 Å². The van der Waals surface area contributed by atoms with Crippen LogP contribution in [0.2, 0.25) is 0 Å². The quantitative estimate of drug-likeness (QED) is 0.294. The standard InChI is InChI=1S/C33H37NO5/c1-32(2,3)29(34-31(37)38-26-17-11-6-12-18-26)28-27(35)23-33(39-30(28)36,21-19-24-13-7-4-8-14-24)22-20-25-15-9-5-10-16-25/h4-18,29,35H,19-23H2,1-3H3,(H,34,37). The molecule has 1 heterocycles. The third-order valence-electron chi connectivity index (χ3n) is 7.12. The van der Waals surface area contributed by atoms with Gasteiger partial charge in [-0.1, -0.05) is 99.6 Å². The van der Waals surface area contributed by atoms with Crippen molar-refractivity contribution in [2.45, 2.75) is 64.5 Å². The Morgan fingerprint density at radius 2 is 1.38 bits per heavy atom. The lowest BCUT2D eigenvalue weighted by molar-refractivity contribution is -0.161. The van der Waals surface area contributed by atoms with Crippen LogP contribution < -0.4 is 10.1 Å². The van der Waals surface area contributed by atoms with Crippen LogP contribution in [-0.4, -0.2) is 28.8 Å².